The van der Waals surface area contributed by atoms with E-state index in [9.17, 15) is 5.11 Å². The molecule has 0 amide bonds. The number of H-pyrrole nitrogens is 1. The van der Waals surface area contributed by atoms with Gasteiger partial charge in [-0.3, -0.25) is 0 Å². The molecule has 4 rings (SSSR count). The summed E-state index contributed by atoms with van der Waals surface area (Å²) in [5, 5.41) is 13.9. The maximum absolute atomic E-state index is 10.6. The third-order valence-corrected chi connectivity index (χ3v) is 4.84. The normalized spacial score (nSPS) is 11.5. The molecule has 0 fully saturated rings. The highest BCUT2D eigenvalue weighted by atomic mass is 16.3. The number of aromatic hydroxyl groups is 1. The number of aliphatic imine (C=N–C) groups is 1. The first kappa shape index (κ1) is 19.5. The molecule has 150 valence electrons. The fraction of sp³-hybridized carbons (Fsp3) is 0.120. The summed E-state index contributed by atoms with van der Waals surface area (Å²) in [5.41, 5.74) is 6.48. The number of aryl methyl sites for hydroxylation is 3. The summed E-state index contributed by atoms with van der Waals surface area (Å²) in [6.45, 7) is 6.11. The molecule has 0 aliphatic heterocycles. The van der Waals surface area contributed by atoms with E-state index >= 15 is 0 Å². The lowest BCUT2D eigenvalue weighted by atomic mass is 10.1. The molecule has 0 bridgehead atoms. The molecule has 5 heteroatoms. The fourth-order valence-corrected chi connectivity index (χ4v) is 3.05. The Hall–Kier alpha value is -3.86. The Morgan fingerprint density at radius 2 is 1.33 bits per heavy atom. The highest BCUT2D eigenvalue weighted by molar-refractivity contribution is 6.09. The van der Waals surface area contributed by atoms with Crippen LogP contribution >= 0.6 is 0 Å². The van der Waals surface area contributed by atoms with Crippen LogP contribution in [0.3, 0.4) is 0 Å². The standard InChI is InChI=1S/C25H24N4O/c1-16-4-10-19(11-5-16)23-28-22(25(30)29-23)24(26-20-12-6-17(2)7-13-20)27-21-14-8-18(3)9-15-21/h4-15,30H,1-3H3,(H,26,27)(H,28,29). The minimum absolute atomic E-state index is 0.101. The van der Waals surface area contributed by atoms with Gasteiger partial charge in [0.15, 0.2) is 5.84 Å². The zero-order valence-electron chi connectivity index (χ0n) is 17.3. The molecule has 0 unspecified atom stereocenters. The number of rotatable bonds is 4. The summed E-state index contributed by atoms with van der Waals surface area (Å²) in [4.78, 5) is 12.3. The van der Waals surface area contributed by atoms with E-state index < -0.39 is 0 Å². The smallest absolute Gasteiger partial charge is 0.241 e. The van der Waals surface area contributed by atoms with Gasteiger partial charge in [-0.15, -0.1) is 0 Å². The van der Waals surface area contributed by atoms with Crippen LogP contribution in [-0.4, -0.2) is 20.9 Å². The van der Waals surface area contributed by atoms with Crippen LogP contribution in [-0.2, 0) is 0 Å². The molecule has 1 aromatic heterocycles. The van der Waals surface area contributed by atoms with Crippen molar-refractivity contribution in [1.82, 2.24) is 9.97 Å². The van der Waals surface area contributed by atoms with Gasteiger partial charge in [-0.05, 0) is 45.0 Å². The fourth-order valence-electron chi connectivity index (χ4n) is 3.05. The number of imidazole rings is 1. The molecule has 0 saturated carbocycles. The van der Waals surface area contributed by atoms with Gasteiger partial charge in [0.1, 0.15) is 11.5 Å². The van der Waals surface area contributed by atoms with E-state index in [1.807, 2.05) is 93.6 Å². The molecule has 30 heavy (non-hydrogen) atoms. The lowest BCUT2D eigenvalue weighted by Gasteiger charge is -2.10. The van der Waals surface area contributed by atoms with Crippen LogP contribution in [0.15, 0.2) is 77.8 Å². The Kier molecular flexibility index (Phi) is 5.35. The van der Waals surface area contributed by atoms with Gasteiger partial charge in [0.2, 0.25) is 5.88 Å². The average molecular weight is 396 g/mol. The van der Waals surface area contributed by atoms with E-state index in [2.05, 4.69) is 15.3 Å². The molecule has 0 aliphatic rings. The number of nitrogens with one attached hydrogen (secondary N) is 2. The van der Waals surface area contributed by atoms with Crippen molar-refractivity contribution in [1.29, 1.82) is 0 Å². The highest BCUT2D eigenvalue weighted by Gasteiger charge is 2.17. The van der Waals surface area contributed by atoms with Crippen LogP contribution in [0, 0.1) is 20.8 Å². The first-order chi connectivity index (χ1) is 14.5. The van der Waals surface area contributed by atoms with E-state index in [1.165, 1.54) is 5.56 Å². The van der Waals surface area contributed by atoms with Gasteiger partial charge < -0.3 is 15.4 Å². The molecule has 5 nitrogen and oxygen atoms in total. The number of nitrogens with zero attached hydrogens (tertiary/aromatic N) is 2. The molecular formula is C25H24N4O. The SMILES string of the molecule is Cc1ccc(N=C(Nc2ccc(C)cc2)c2[nH]c(-c3ccc(C)cc3)nc2O)cc1. The molecule has 0 saturated heterocycles. The second-order valence-corrected chi connectivity index (χ2v) is 7.44. The molecule has 0 atom stereocenters. The zero-order valence-corrected chi connectivity index (χ0v) is 17.3. The molecule has 4 aromatic rings. The quantitative estimate of drug-likeness (QED) is 0.297. The van der Waals surface area contributed by atoms with Crippen LogP contribution in [0.25, 0.3) is 11.4 Å². The maximum atomic E-state index is 10.6. The second-order valence-electron chi connectivity index (χ2n) is 7.44. The lowest BCUT2D eigenvalue weighted by Crippen LogP contribution is -2.14. The summed E-state index contributed by atoms with van der Waals surface area (Å²) >= 11 is 0. The number of aromatic nitrogens is 2. The van der Waals surface area contributed by atoms with Crippen LogP contribution in [0.5, 0.6) is 5.88 Å². The molecule has 3 aromatic carbocycles. The van der Waals surface area contributed by atoms with E-state index in [-0.39, 0.29) is 5.88 Å². The van der Waals surface area contributed by atoms with Gasteiger partial charge in [0.25, 0.3) is 0 Å². The van der Waals surface area contributed by atoms with Gasteiger partial charge in [0.05, 0.1) is 5.69 Å². The van der Waals surface area contributed by atoms with Crippen molar-refractivity contribution < 1.29 is 5.11 Å². The van der Waals surface area contributed by atoms with Crippen molar-refractivity contribution in [2.24, 2.45) is 4.99 Å². The largest absolute Gasteiger partial charge is 0.492 e. The Bertz CT molecular complexity index is 1170. The minimum atomic E-state index is -0.101. The number of aromatic amines is 1. The Morgan fingerprint density at radius 3 is 1.93 bits per heavy atom. The van der Waals surface area contributed by atoms with Crippen molar-refractivity contribution >= 4 is 17.2 Å². The third kappa shape index (κ3) is 4.41. The Morgan fingerprint density at radius 1 is 0.800 bits per heavy atom. The Labute approximate surface area is 176 Å². The maximum Gasteiger partial charge on any atom is 0.241 e. The van der Waals surface area contributed by atoms with Crippen LogP contribution in [0.1, 0.15) is 22.4 Å². The summed E-state index contributed by atoms with van der Waals surface area (Å²) in [6.07, 6.45) is 0. The zero-order chi connectivity index (χ0) is 21.1. The molecule has 1 heterocycles. The van der Waals surface area contributed by atoms with E-state index in [1.54, 1.807) is 0 Å². The second kappa shape index (κ2) is 8.25. The van der Waals surface area contributed by atoms with Gasteiger partial charge in [-0.25, -0.2) is 4.99 Å². The summed E-state index contributed by atoms with van der Waals surface area (Å²) in [7, 11) is 0. The van der Waals surface area contributed by atoms with Crippen LogP contribution in [0.2, 0.25) is 0 Å². The number of amidine groups is 1. The predicted molar refractivity (Wildman–Crippen MR) is 123 cm³/mol. The number of hydrogen-bond acceptors (Lipinski definition) is 3. The topological polar surface area (TPSA) is 73.3 Å². The first-order valence-corrected chi connectivity index (χ1v) is 9.83. The molecule has 0 aliphatic carbocycles. The Balaban J connectivity index is 1.76. The molecular weight excluding hydrogens is 372 g/mol. The summed E-state index contributed by atoms with van der Waals surface area (Å²) < 4.78 is 0. The summed E-state index contributed by atoms with van der Waals surface area (Å²) in [6, 6.07) is 23.9. The highest BCUT2D eigenvalue weighted by Crippen LogP contribution is 2.25. The third-order valence-electron chi connectivity index (χ3n) is 4.84. The predicted octanol–water partition coefficient (Wildman–Crippen LogP) is 5.90. The number of anilines is 1. The van der Waals surface area contributed by atoms with Crippen molar-refractivity contribution in [3.63, 3.8) is 0 Å². The van der Waals surface area contributed by atoms with Crippen molar-refractivity contribution in [2.45, 2.75) is 20.8 Å². The first-order valence-electron chi connectivity index (χ1n) is 9.83. The monoisotopic (exact) mass is 396 g/mol. The van der Waals surface area contributed by atoms with Gasteiger partial charge in [-0.1, -0.05) is 65.2 Å². The van der Waals surface area contributed by atoms with E-state index in [0.717, 1.165) is 28.1 Å². The number of benzene rings is 3. The van der Waals surface area contributed by atoms with E-state index in [4.69, 9.17) is 4.99 Å². The van der Waals surface area contributed by atoms with Gasteiger partial charge in [-0.2, -0.15) is 4.98 Å². The van der Waals surface area contributed by atoms with Crippen molar-refractivity contribution in [2.75, 3.05) is 5.32 Å². The van der Waals surface area contributed by atoms with Gasteiger partial charge >= 0.3 is 0 Å². The number of hydrogen-bond donors (Lipinski definition) is 3. The minimum Gasteiger partial charge on any atom is -0.492 e. The van der Waals surface area contributed by atoms with Crippen molar-refractivity contribution in [3.05, 3.63) is 95.2 Å². The van der Waals surface area contributed by atoms with Crippen LogP contribution < -0.4 is 5.32 Å². The summed E-state index contributed by atoms with van der Waals surface area (Å²) in [5.74, 6) is 0.979. The van der Waals surface area contributed by atoms with E-state index in [0.29, 0.717) is 17.4 Å². The molecule has 3 N–H and O–H groups in total. The van der Waals surface area contributed by atoms with Crippen LogP contribution in [0.4, 0.5) is 11.4 Å². The van der Waals surface area contributed by atoms with Crippen molar-refractivity contribution in [3.8, 4) is 17.3 Å². The average Bonchev–Trinajstić information content (AvgIpc) is 3.13. The molecule has 0 spiro atoms. The molecule has 0 radical (unpaired) electrons. The lowest BCUT2D eigenvalue weighted by molar-refractivity contribution is 0.455. The van der Waals surface area contributed by atoms with Gasteiger partial charge in [0, 0.05) is 11.3 Å².